The predicted molar refractivity (Wildman–Crippen MR) is 79.5 cm³/mol. The van der Waals surface area contributed by atoms with Gasteiger partial charge in [-0.15, -0.1) is 0 Å². The predicted octanol–water partition coefficient (Wildman–Crippen LogP) is 1.84. The van der Waals surface area contributed by atoms with E-state index in [-0.39, 0.29) is 11.4 Å². The van der Waals surface area contributed by atoms with Gasteiger partial charge in [0.25, 0.3) is 0 Å². The third-order valence-corrected chi connectivity index (χ3v) is 3.30. The first-order valence-corrected chi connectivity index (χ1v) is 7.33. The molecule has 0 saturated carbocycles. The maximum atomic E-state index is 5.99. The van der Waals surface area contributed by atoms with Gasteiger partial charge in [0.05, 0.1) is 6.10 Å². The second-order valence-corrected chi connectivity index (χ2v) is 5.94. The second kappa shape index (κ2) is 6.54. The van der Waals surface area contributed by atoms with Crippen LogP contribution in [0.15, 0.2) is 0 Å². The summed E-state index contributed by atoms with van der Waals surface area (Å²) < 4.78 is 5.53. The summed E-state index contributed by atoms with van der Waals surface area (Å²) in [7, 11) is 4.15. The van der Waals surface area contributed by atoms with Gasteiger partial charge in [-0.1, -0.05) is 0 Å². The van der Waals surface area contributed by atoms with Crippen LogP contribution in [0.25, 0.3) is 0 Å². The molecule has 112 valence electrons. The van der Waals surface area contributed by atoms with E-state index in [0.717, 1.165) is 25.9 Å². The van der Waals surface area contributed by atoms with Gasteiger partial charge >= 0.3 is 6.01 Å². The van der Waals surface area contributed by atoms with Crippen molar-refractivity contribution in [3.05, 3.63) is 5.28 Å². The molecule has 1 unspecified atom stereocenters. The topological polar surface area (TPSA) is 54.4 Å². The van der Waals surface area contributed by atoms with Gasteiger partial charge in [-0.05, 0) is 52.4 Å². The number of likely N-dealkylation sites (N-methyl/N-ethyl adjacent to an activating group) is 1. The summed E-state index contributed by atoms with van der Waals surface area (Å²) >= 11 is 5.99. The van der Waals surface area contributed by atoms with Gasteiger partial charge in [-0.25, -0.2) is 0 Å². The Morgan fingerprint density at radius 2 is 2.10 bits per heavy atom. The molecule has 1 saturated heterocycles. The second-order valence-electron chi connectivity index (χ2n) is 5.61. The molecule has 1 atom stereocenters. The average molecular weight is 300 g/mol. The lowest BCUT2D eigenvalue weighted by Gasteiger charge is -2.27. The van der Waals surface area contributed by atoms with Crippen molar-refractivity contribution in [2.45, 2.75) is 38.8 Å². The Balaban J connectivity index is 2.20. The van der Waals surface area contributed by atoms with Crippen molar-refractivity contribution in [1.29, 1.82) is 0 Å². The summed E-state index contributed by atoms with van der Waals surface area (Å²) in [5.74, 6) is 0.616. The molecule has 0 radical (unpaired) electrons. The monoisotopic (exact) mass is 299 g/mol. The third kappa shape index (κ3) is 3.93. The van der Waals surface area contributed by atoms with Crippen molar-refractivity contribution in [2.24, 2.45) is 0 Å². The molecular weight excluding hydrogens is 278 g/mol. The highest BCUT2D eigenvalue weighted by atomic mass is 35.5. The molecule has 7 heteroatoms. The van der Waals surface area contributed by atoms with Crippen LogP contribution < -0.4 is 9.64 Å². The first kappa shape index (κ1) is 15.3. The molecule has 2 heterocycles. The average Bonchev–Trinajstić information content (AvgIpc) is 2.74. The van der Waals surface area contributed by atoms with Crippen LogP contribution in [0.3, 0.4) is 0 Å². The molecule has 6 nitrogen and oxygen atoms in total. The van der Waals surface area contributed by atoms with E-state index in [1.807, 2.05) is 13.8 Å². The first-order chi connectivity index (χ1) is 9.45. The number of hydrogen-bond donors (Lipinski definition) is 0. The molecule has 1 fully saturated rings. The Morgan fingerprint density at radius 3 is 2.75 bits per heavy atom. The molecule has 1 aromatic heterocycles. The lowest BCUT2D eigenvalue weighted by molar-refractivity contribution is 0.221. The highest BCUT2D eigenvalue weighted by Crippen LogP contribution is 2.25. The van der Waals surface area contributed by atoms with E-state index in [2.05, 4.69) is 38.8 Å². The van der Waals surface area contributed by atoms with Crippen LogP contribution in [0.5, 0.6) is 6.01 Å². The quantitative estimate of drug-likeness (QED) is 0.827. The molecule has 1 aliphatic rings. The first-order valence-electron chi connectivity index (χ1n) is 6.95. The number of anilines is 1. The van der Waals surface area contributed by atoms with E-state index in [9.17, 15) is 0 Å². The molecule has 1 aliphatic heterocycles. The molecule has 0 aromatic carbocycles. The summed E-state index contributed by atoms with van der Waals surface area (Å²) in [4.78, 5) is 17.0. The normalized spacial score (nSPS) is 19.1. The van der Waals surface area contributed by atoms with Crippen molar-refractivity contribution in [3.63, 3.8) is 0 Å². The fraction of sp³-hybridized carbons (Fsp3) is 0.769. The van der Waals surface area contributed by atoms with Gasteiger partial charge in [-0.3, -0.25) is 0 Å². The van der Waals surface area contributed by atoms with Crippen LogP contribution in [0.1, 0.15) is 26.7 Å². The minimum absolute atomic E-state index is 0.0115. The standard InChI is InChI=1S/C13H22ClN5O/c1-9(2)20-13-16-11(14)15-12(17-13)19-7-5-6-10(19)8-18(3)4/h9-10H,5-8H2,1-4H3. The minimum Gasteiger partial charge on any atom is -0.461 e. The number of halogens is 1. The molecule has 1 aromatic rings. The smallest absolute Gasteiger partial charge is 0.322 e. The highest BCUT2D eigenvalue weighted by Gasteiger charge is 2.28. The largest absolute Gasteiger partial charge is 0.461 e. The summed E-state index contributed by atoms with van der Waals surface area (Å²) in [5, 5.41) is 0.182. The van der Waals surface area contributed by atoms with Gasteiger partial charge in [0.2, 0.25) is 11.2 Å². The number of rotatable bonds is 5. The summed E-state index contributed by atoms with van der Waals surface area (Å²) in [6, 6.07) is 0.709. The highest BCUT2D eigenvalue weighted by molar-refractivity contribution is 6.28. The van der Waals surface area contributed by atoms with E-state index in [1.165, 1.54) is 0 Å². The summed E-state index contributed by atoms with van der Waals surface area (Å²) in [6.45, 7) is 5.79. The Morgan fingerprint density at radius 1 is 1.35 bits per heavy atom. The van der Waals surface area contributed by atoms with E-state index >= 15 is 0 Å². The van der Waals surface area contributed by atoms with Gasteiger partial charge in [-0.2, -0.15) is 15.0 Å². The maximum Gasteiger partial charge on any atom is 0.322 e. The van der Waals surface area contributed by atoms with E-state index in [1.54, 1.807) is 0 Å². The number of ether oxygens (including phenoxy) is 1. The third-order valence-electron chi connectivity index (χ3n) is 3.13. The van der Waals surface area contributed by atoms with Crippen molar-refractivity contribution in [2.75, 3.05) is 32.1 Å². The molecule has 0 N–H and O–H groups in total. The van der Waals surface area contributed by atoms with Crippen molar-refractivity contribution < 1.29 is 4.74 Å². The molecule has 20 heavy (non-hydrogen) atoms. The van der Waals surface area contributed by atoms with Crippen LogP contribution in [0, 0.1) is 0 Å². The number of aromatic nitrogens is 3. The van der Waals surface area contributed by atoms with Gasteiger partial charge in [0, 0.05) is 19.1 Å². The van der Waals surface area contributed by atoms with Gasteiger partial charge in [0.15, 0.2) is 0 Å². The minimum atomic E-state index is 0.0115. The molecule has 0 bridgehead atoms. The van der Waals surface area contributed by atoms with Crippen molar-refractivity contribution in [3.8, 4) is 6.01 Å². The zero-order chi connectivity index (χ0) is 14.7. The van der Waals surface area contributed by atoms with Crippen LogP contribution in [-0.2, 0) is 0 Å². The van der Waals surface area contributed by atoms with Crippen molar-refractivity contribution in [1.82, 2.24) is 19.9 Å². The zero-order valence-electron chi connectivity index (χ0n) is 12.5. The number of hydrogen-bond acceptors (Lipinski definition) is 6. The number of nitrogens with zero attached hydrogens (tertiary/aromatic N) is 5. The van der Waals surface area contributed by atoms with Gasteiger partial charge in [0.1, 0.15) is 0 Å². The summed E-state index contributed by atoms with van der Waals surface area (Å²) in [5.41, 5.74) is 0. The summed E-state index contributed by atoms with van der Waals surface area (Å²) in [6.07, 6.45) is 2.29. The van der Waals surface area contributed by atoms with Crippen LogP contribution in [0.4, 0.5) is 5.95 Å². The molecule has 2 rings (SSSR count). The van der Waals surface area contributed by atoms with E-state index in [0.29, 0.717) is 18.0 Å². The molecular formula is C13H22ClN5O. The molecule has 0 spiro atoms. The molecule has 0 amide bonds. The SMILES string of the molecule is CC(C)Oc1nc(Cl)nc(N2CCCC2CN(C)C)n1. The Hall–Kier alpha value is -1.14. The van der Waals surface area contributed by atoms with Gasteiger partial charge < -0.3 is 14.5 Å². The Bertz CT molecular complexity index is 454. The van der Waals surface area contributed by atoms with Crippen LogP contribution in [0.2, 0.25) is 5.28 Å². The zero-order valence-corrected chi connectivity index (χ0v) is 13.3. The Labute approximate surface area is 125 Å². The molecule has 0 aliphatic carbocycles. The van der Waals surface area contributed by atoms with Crippen molar-refractivity contribution >= 4 is 17.5 Å². The van der Waals surface area contributed by atoms with E-state index < -0.39 is 0 Å². The maximum absolute atomic E-state index is 5.99. The lowest BCUT2D eigenvalue weighted by Crippen LogP contribution is -2.38. The Kier molecular flexibility index (Phi) is 4.99. The fourth-order valence-electron chi connectivity index (χ4n) is 2.42. The fourth-order valence-corrected chi connectivity index (χ4v) is 2.57. The van der Waals surface area contributed by atoms with Crippen LogP contribution >= 0.6 is 11.6 Å². The van der Waals surface area contributed by atoms with E-state index in [4.69, 9.17) is 16.3 Å². The van der Waals surface area contributed by atoms with Crippen LogP contribution in [-0.4, -0.2) is 59.2 Å². The lowest BCUT2D eigenvalue weighted by atomic mass is 10.2.